The van der Waals surface area contributed by atoms with Gasteiger partial charge in [0.15, 0.2) is 0 Å². The van der Waals surface area contributed by atoms with Crippen LogP contribution in [0.3, 0.4) is 0 Å². The number of piperidine rings is 2. The molecule has 2 fully saturated rings. The molecule has 78 heavy (non-hydrogen) atoms. The van der Waals surface area contributed by atoms with Gasteiger partial charge in [0.25, 0.3) is 5.91 Å². The summed E-state index contributed by atoms with van der Waals surface area (Å²) in [7, 11) is 0. The van der Waals surface area contributed by atoms with Crippen molar-refractivity contribution in [2.75, 3.05) is 46.6 Å². The SMILES string of the molecule is CC(C)(C)OC(=O)Nc1ccc(NC(=O)c2ccc3ccccc3c2O)cc1-c1cc(N2CC(NC(=O)OC(C)(C)C)CC(NC(=O)OC(C)(C)C)C2)cc(N2CC(NC(=O)OC(C)(C)C)CC(NC(=O)OC(C)(C)C)C2)c1. The van der Waals surface area contributed by atoms with E-state index in [-0.39, 0.29) is 37.5 Å². The van der Waals surface area contributed by atoms with Crippen molar-refractivity contribution in [3.8, 4) is 16.9 Å². The molecule has 424 valence electrons. The van der Waals surface area contributed by atoms with Crippen molar-refractivity contribution < 1.29 is 57.6 Å². The first-order valence-corrected chi connectivity index (χ1v) is 26.3. The molecule has 20 nitrogen and oxygen atoms in total. The molecule has 0 radical (unpaired) electrons. The fourth-order valence-corrected chi connectivity index (χ4v) is 9.07. The van der Waals surface area contributed by atoms with Crippen LogP contribution in [-0.2, 0) is 23.7 Å². The summed E-state index contributed by atoms with van der Waals surface area (Å²) in [6, 6.07) is 18.9. The first kappa shape index (κ1) is 59.6. The molecule has 0 spiro atoms. The lowest BCUT2D eigenvalue weighted by atomic mass is 9.96. The lowest BCUT2D eigenvalue weighted by Gasteiger charge is -2.42. The second-order valence-corrected chi connectivity index (χ2v) is 24.9. The van der Waals surface area contributed by atoms with Crippen LogP contribution in [0.4, 0.5) is 46.7 Å². The Labute approximate surface area is 458 Å². The number of anilines is 4. The van der Waals surface area contributed by atoms with Crippen LogP contribution in [-0.4, -0.2) is 120 Å². The quantitative estimate of drug-likeness (QED) is 0.0731. The highest BCUT2D eigenvalue weighted by Gasteiger charge is 2.36. The van der Waals surface area contributed by atoms with Crippen molar-refractivity contribution in [2.45, 2.75) is 169 Å². The third-order valence-corrected chi connectivity index (χ3v) is 11.8. The lowest BCUT2D eigenvalue weighted by Crippen LogP contribution is -2.58. The molecule has 2 aliphatic heterocycles. The molecule has 4 atom stereocenters. The maximum absolute atomic E-state index is 14.1. The van der Waals surface area contributed by atoms with Crippen molar-refractivity contribution in [2.24, 2.45) is 0 Å². The monoisotopic (exact) mass is 1080 g/mol. The molecule has 0 saturated carbocycles. The van der Waals surface area contributed by atoms with Gasteiger partial charge in [0.1, 0.15) is 33.8 Å². The van der Waals surface area contributed by atoms with E-state index in [1.54, 1.807) is 146 Å². The zero-order valence-electron chi connectivity index (χ0n) is 47.8. The molecule has 4 unspecified atom stereocenters. The molecular formula is C58H80N8O12. The third kappa shape index (κ3) is 18.3. The van der Waals surface area contributed by atoms with Crippen LogP contribution in [0.2, 0.25) is 0 Å². The van der Waals surface area contributed by atoms with Gasteiger partial charge in [0, 0.05) is 54.2 Å². The molecule has 4 aromatic carbocycles. The molecule has 2 aliphatic rings. The number of aromatic hydroxyl groups is 1. The number of hydrogen-bond donors (Lipinski definition) is 7. The Hall–Kier alpha value is -7.64. The van der Waals surface area contributed by atoms with E-state index in [1.807, 2.05) is 40.1 Å². The Morgan fingerprint density at radius 3 is 1.28 bits per heavy atom. The van der Waals surface area contributed by atoms with E-state index in [4.69, 9.17) is 23.7 Å². The summed E-state index contributed by atoms with van der Waals surface area (Å²) in [5.41, 5.74) is -1.25. The number of rotatable bonds is 10. The highest BCUT2D eigenvalue weighted by atomic mass is 16.6. The number of carbonyl (C=O) groups excluding carboxylic acids is 6. The number of fused-ring (bicyclic) bond motifs is 1. The molecular weight excluding hydrogens is 1000 g/mol. The van der Waals surface area contributed by atoms with E-state index in [0.717, 1.165) is 5.39 Å². The Bertz CT molecular complexity index is 2680. The first-order chi connectivity index (χ1) is 36.0. The van der Waals surface area contributed by atoms with Gasteiger partial charge < -0.3 is 65.2 Å². The van der Waals surface area contributed by atoms with Crippen LogP contribution in [0.15, 0.2) is 72.8 Å². The average molecular weight is 1080 g/mol. The van der Waals surface area contributed by atoms with Gasteiger partial charge in [0.2, 0.25) is 0 Å². The van der Waals surface area contributed by atoms with Gasteiger partial charge in [-0.2, -0.15) is 0 Å². The largest absolute Gasteiger partial charge is 0.506 e. The van der Waals surface area contributed by atoms with Crippen molar-refractivity contribution in [1.82, 2.24) is 21.3 Å². The minimum Gasteiger partial charge on any atom is -0.506 e. The van der Waals surface area contributed by atoms with Crippen LogP contribution in [0.1, 0.15) is 127 Å². The minimum atomic E-state index is -0.864. The smallest absolute Gasteiger partial charge is 0.412 e. The van der Waals surface area contributed by atoms with E-state index in [0.29, 0.717) is 52.1 Å². The molecule has 4 aromatic rings. The van der Waals surface area contributed by atoms with Crippen LogP contribution >= 0.6 is 0 Å². The van der Waals surface area contributed by atoms with Gasteiger partial charge in [-0.3, -0.25) is 10.1 Å². The van der Waals surface area contributed by atoms with Crippen molar-refractivity contribution in [1.29, 1.82) is 0 Å². The van der Waals surface area contributed by atoms with Crippen molar-refractivity contribution in [3.05, 3.63) is 78.4 Å². The van der Waals surface area contributed by atoms with Gasteiger partial charge in [-0.05, 0) is 170 Å². The second kappa shape index (κ2) is 23.5. The fourth-order valence-electron chi connectivity index (χ4n) is 9.07. The van der Waals surface area contributed by atoms with Gasteiger partial charge in [-0.1, -0.05) is 30.3 Å². The fraction of sp³-hybridized carbons (Fsp3) is 0.517. The molecule has 7 N–H and O–H groups in total. The van der Waals surface area contributed by atoms with Gasteiger partial charge in [-0.15, -0.1) is 0 Å². The van der Waals surface area contributed by atoms with E-state index in [1.165, 1.54) is 0 Å². The number of benzene rings is 4. The molecule has 6 amide bonds. The Morgan fingerprint density at radius 2 is 0.872 bits per heavy atom. The number of nitrogens with one attached hydrogen (secondary N) is 6. The molecule has 2 saturated heterocycles. The number of nitrogens with zero attached hydrogens (tertiary/aromatic N) is 2. The number of alkyl carbamates (subject to hydrolysis) is 4. The number of ether oxygens (including phenoxy) is 5. The van der Waals surface area contributed by atoms with E-state index in [9.17, 15) is 33.9 Å². The van der Waals surface area contributed by atoms with Crippen molar-refractivity contribution in [3.63, 3.8) is 0 Å². The highest BCUT2D eigenvalue weighted by molar-refractivity contribution is 6.10. The normalized spacial score (nSPS) is 18.2. The lowest BCUT2D eigenvalue weighted by molar-refractivity contribution is 0.0452. The number of amides is 6. The zero-order chi connectivity index (χ0) is 57.7. The maximum atomic E-state index is 14.1. The Balaban J connectivity index is 1.52. The summed E-state index contributed by atoms with van der Waals surface area (Å²) < 4.78 is 28.4. The Kier molecular flexibility index (Phi) is 18.0. The molecule has 2 heterocycles. The van der Waals surface area contributed by atoms with Crippen LogP contribution in [0.25, 0.3) is 21.9 Å². The van der Waals surface area contributed by atoms with Crippen LogP contribution in [0, 0.1) is 0 Å². The topological polar surface area (TPSA) is 247 Å². The van der Waals surface area contributed by atoms with Gasteiger partial charge in [0.05, 0.1) is 35.4 Å². The van der Waals surface area contributed by atoms with E-state index >= 15 is 0 Å². The number of phenolic OH excluding ortho intramolecular Hbond substituents is 1. The molecule has 6 rings (SSSR count). The van der Waals surface area contributed by atoms with Gasteiger partial charge >= 0.3 is 30.5 Å². The summed E-state index contributed by atoms with van der Waals surface area (Å²) in [5, 5.41) is 30.4. The predicted octanol–water partition coefficient (Wildman–Crippen LogP) is 10.8. The predicted molar refractivity (Wildman–Crippen MR) is 302 cm³/mol. The molecule has 0 aliphatic carbocycles. The second-order valence-electron chi connectivity index (χ2n) is 24.9. The van der Waals surface area contributed by atoms with Crippen LogP contribution in [0.5, 0.6) is 5.75 Å². The molecule has 20 heteroatoms. The number of hydrogen-bond acceptors (Lipinski definition) is 14. The zero-order valence-corrected chi connectivity index (χ0v) is 47.8. The summed E-state index contributed by atoms with van der Waals surface area (Å²) in [6.45, 7) is 27.4. The Morgan fingerprint density at radius 1 is 0.474 bits per heavy atom. The standard InChI is InChI=1S/C58H80N8O12/c1-54(2,3)74-49(69)60-37-26-38(61-50(70)75-55(4,5)6)31-65(30-37)41-24-35(25-42(29-41)66-32-39(62-51(71)76-56(7,8)9)27-40(33-66)63-52(72)77-57(10,11)12)45-28-36(21-23-46(45)64-53(73)78-58(13,14)15)59-48(68)44-22-20-34-18-16-17-19-43(34)47(44)67/h16-25,28-29,37-40,67H,26-27,30-33H2,1-15H3,(H,59,68)(H,60,69)(H,61,70)(H,62,71)(H,63,72)(H,64,73). The summed E-state index contributed by atoms with van der Waals surface area (Å²) in [4.78, 5) is 85.4. The average Bonchev–Trinajstić information content (AvgIpc) is 3.27. The summed E-state index contributed by atoms with van der Waals surface area (Å²) in [6.07, 6.45) is -2.68. The van der Waals surface area contributed by atoms with E-state index < -0.39 is 88.5 Å². The maximum Gasteiger partial charge on any atom is 0.412 e. The van der Waals surface area contributed by atoms with E-state index in [2.05, 4.69) is 31.9 Å². The minimum absolute atomic E-state index is 0.0406. The summed E-state index contributed by atoms with van der Waals surface area (Å²) in [5.74, 6) is -0.778. The molecule has 0 bridgehead atoms. The van der Waals surface area contributed by atoms with Gasteiger partial charge in [-0.25, -0.2) is 24.0 Å². The summed E-state index contributed by atoms with van der Waals surface area (Å²) >= 11 is 0. The number of carbonyl (C=O) groups is 6. The number of phenols is 1. The molecule has 0 aromatic heterocycles. The first-order valence-electron chi connectivity index (χ1n) is 26.3. The third-order valence-electron chi connectivity index (χ3n) is 11.8. The van der Waals surface area contributed by atoms with Crippen LogP contribution < -0.4 is 41.7 Å². The van der Waals surface area contributed by atoms with Crippen molar-refractivity contribution >= 4 is 69.9 Å². The highest BCUT2D eigenvalue weighted by Crippen LogP contribution is 2.39.